The van der Waals surface area contributed by atoms with Crippen LogP contribution in [0.2, 0.25) is 0 Å². The number of nitrogens with zero attached hydrogens (tertiary/aromatic N) is 2. The molecule has 0 atom stereocenters. The van der Waals surface area contributed by atoms with Crippen molar-refractivity contribution in [3.63, 3.8) is 0 Å². The number of hydrogen-bond donors (Lipinski definition) is 2. The van der Waals surface area contributed by atoms with Crippen LogP contribution in [0.5, 0.6) is 34.5 Å². The maximum Gasteiger partial charge on any atom is 0.203 e. The van der Waals surface area contributed by atoms with E-state index in [1.54, 1.807) is 54.8 Å². The number of fused-ring (bicyclic) bond motifs is 10. The SMILES string of the molecule is COc1cc(-c2c3nc(c(-c4cc(OC)c(OC)c(OC)c4)c4ccc([nH]4)c(-c4cccc5cccc(C(=O)[O-])c45)c4nc(c(-c5cccc6cccc(C(=O)[O-])c56)c5ccc2[nH]5)C=C4)C=C3)cc(OC)c1OC. The first-order valence-electron chi connectivity index (χ1n) is 23.3. The Morgan fingerprint density at radius 3 is 1.03 bits per heavy atom. The molecule has 0 saturated heterocycles. The zero-order valence-electron chi connectivity index (χ0n) is 40.8. The minimum atomic E-state index is -1.34. The molecule has 2 aliphatic heterocycles. The van der Waals surface area contributed by atoms with E-state index in [4.69, 9.17) is 38.4 Å². The van der Waals surface area contributed by atoms with Gasteiger partial charge in [0, 0.05) is 55.4 Å². The molecular weight excluding hydrogens is 937 g/mol. The standard InChI is InChI=1S/C60H46N4O10/c1-69-47-27-33(28-48(70-2)57(47)73-5)53-39-19-20-40(61-39)54(34-29-49(71-3)58(74-6)50(30-34)72-4)42-22-24-44(63-42)56(36-16-8-12-32-14-10-18-38(52(32)36)60(67)68)46-26-25-45(64-46)55(43-23-21-41(53)62-43)35-15-7-11-31-13-9-17-37(51(31)35)59(65)66/h7-30,62-63H,1-6H3,(H,65,66)(H,67,68)/p-2. The van der Waals surface area contributed by atoms with Crippen molar-refractivity contribution < 1.29 is 48.2 Å². The Balaban J connectivity index is 1.37. The lowest BCUT2D eigenvalue weighted by atomic mass is 9.93. The lowest BCUT2D eigenvalue weighted by Gasteiger charge is -2.15. The van der Waals surface area contributed by atoms with Crippen LogP contribution in [0.4, 0.5) is 0 Å². The number of H-pyrrole nitrogens is 2. The van der Waals surface area contributed by atoms with Gasteiger partial charge in [0.2, 0.25) is 11.5 Å². The maximum absolute atomic E-state index is 12.9. The molecule has 0 spiro atoms. The number of benzene rings is 6. The number of carbonyl (C=O) groups excluding carboxylic acids is 2. The van der Waals surface area contributed by atoms with E-state index in [2.05, 4.69) is 9.97 Å². The van der Waals surface area contributed by atoms with E-state index in [1.165, 1.54) is 12.1 Å². The van der Waals surface area contributed by atoms with E-state index in [-0.39, 0.29) is 11.1 Å². The minimum Gasteiger partial charge on any atom is -0.545 e. The number of carbonyl (C=O) groups is 2. The number of carboxylic acid groups (broad SMARTS) is 2. The van der Waals surface area contributed by atoms with Gasteiger partial charge in [0.15, 0.2) is 23.0 Å². The smallest absolute Gasteiger partial charge is 0.203 e. The molecule has 0 fully saturated rings. The van der Waals surface area contributed by atoms with Crippen molar-refractivity contribution in [3.05, 3.63) is 155 Å². The highest BCUT2D eigenvalue weighted by Gasteiger charge is 2.25. The molecule has 2 aliphatic rings. The van der Waals surface area contributed by atoms with Gasteiger partial charge in [-0.1, -0.05) is 72.8 Å². The third kappa shape index (κ3) is 7.67. The summed E-state index contributed by atoms with van der Waals surface area (Å²) in [6, 6.07) is 36.5. The predicted molar refractivity (Wildman–Crippen MR) is 284 cm³/mol. The fourth-order valence-corrected chi connectivity index (χ4v) is 10.3. The van der Waals surface area contributed by atoms with Gasteiger partial charge in [0.05, 0.1) is 77.4 Å². The van der Waals surface area contributed by atoms with E-state index in [0.29, 0.717) is 145 Å². The summed E-state index contributed by atoms with van der Waals surface area (Å²) in [5.74, 6) is -0.200. The molecular formula is C60H44N4O10-2. The van der Waals surface area contributed by atoms with Gasteiger partial charge >= 0.3 is 0 Å². The Morgan fingerprint density at radius 1 is 0.405 bits per heavy atom. The summed E-state index contributed by atoms with van der Waals surface area (Å²) in [6.07, 6.45) is 7.60. The zero-order chi connectivity index (χ0) is 51.4. The van der Waals surface area contributed by atoms with E-state index < -0.39 is 11.9 Å². The van der Waals surface area contributed by atoms with E-state index >= 15 is 0 Å². The molecule has 6 aromatic carbocycles. The van der Waals surface area contributed by atoms with Crippen LogP contribution in [0, 0.1) is 0 Å². The average molecular weight is 981 g/mol. The van der Waals surface area contributed by atoms with Gasteiger partial charge in [0.25, 0.3) is 0 Å². The second-order valence-electron chi connectivity index (χ2n) is 17.3. The van der Waals surface area contributed by atoms with Crippen molar-refractivity contribution >= 4 is 79.9 Å². The van der Waals surface area contributed by atoms with E-state index in [0.717, 1.165) is 0 Å². The monoisotopic (exact) mass is 980 g/mol. The number of hydrogen-bond acceptors (Lipinski definition) is 12. The fraction of sp³-hybridized carbons (Fsp3) is 0.100. The van der Waals surface area contributed by atoms with Gasteiger partial charge in [-0.15, -0.1) is 0 Å². The number of ether oxygens (including phenoxy) is 6. The van der Waals surface area contributed by atoms with Gasteiger partial charge in [0.1, 0.15) is 0 Å². The first-order valence-corrected chi connectivity index (χ1v) is 23.3. The molecule has 74 heavy (non-hydrogen) atoms. The van der Waals surface area contributed by atoms with Crippen LogP contribution < -0.4 is 38.6 Å². The Kier molecular flexibility index (Phi) is 11.8. The Bertz CT molecular complexity index is 3760. The number of aromatic carboxylic acids is 2. The van der Waals surface area contributed by atoms with Gasteiger partial charge in [-0.05, 0) is 117 Å². The topological polar surface area (TPSA) is 193 Å². The van der Waals surface area contributed by atoms with Crippen LogP contribution >= 0.6 is 0 Å². The number of nitrogens with one attached hydrogen (secondary N) is 2. The van der Waals surface area contributed by atoms with Crippen LogP contribution in [0.15, 0.2) is 121 Å². The molecule has 3 aromatic heterocycles. The van der Waals surface area contributed by atoms with Gasteiger partial charge in [-0.2, -0.15) is 0 Å². The van der Waals surface area contributed by atoms with Crippen LogP contribution in [0.1, 0.15) is 43.5 Å². The number of methoxy groups -OCH3 is 6. The summed E-state index contributed by atoms with van der Waals surface area (Å²) in [4.78, 5) is 44.2. The highest BCUT2D eigenvalue weighted by molar-refractivity contribution is 6.14. The highest BCUT2D eigenvalue weighted by Crippen LogP contribution is 2.47. The van der Waals surface area contributed by atoms with E-state index in [9.17, 15) is 19.8 Å². The minimum absolute atomic E-state index is 0.00498. The maximum atomic E-state index is 12.9. The molecule has 0 aliphatic carbocycles. The Labute approximate surface area is 423 Å². The highest BCUT2D eigenvalue weighted by atomic mass is 16.5. The number of aromatic nitrogens is 4. The second kappa shape index (κ2) is 18.7. The summed E-state index contributed by atoms with van der Waals surface area (Å²) in [7, 11) is 9.30. The largest absolute Gasteiger partial charge is 0.545 e. The van der Waals surface area contributed by atoms with Crippen molar-refractivity contribution in [2.45, 2.75) is 0 Å². The quantitative estimate of drug-likeness (QED) is 0.118. The molecule has 2 N–H and O–H groups in total. The van der Waals surface area contributed by atoms with Crippen LogP contribution in [0.3, 0.4) is 0 Å². The molecule has 0 unspecified atom stereocenters. The molecule has 0 radical (unpaired) electrons. The molecule has 366 valence electrons. The third-order valence-electron chi connectivity index (χ3n) is 13.4. The summed E-state index contributed by atoms with van der Waals surface area (Å²) < 4.78 is 35.0. The van der Waals surface area contributed by atoms with Crippen LogP contribution in [-0.2, 0) is 0 Å². The van der Waals surface area contributed by atoms with Gasteiger partial charge < -0.3 is 58.2 Å². The predicted octanol–water partition coefficient (Wildman–Crippen LogP) is 10.4. The van der Waals surface area contributed by atoms with Gasteiger partial charge in [-0.25, -0.2) is 9.97 Å². The first-order chi connectivity index (χ1) is 36.1. The molecule has 0 amide bonds. The second-order valence-corrected chi connectivity index (χ2v) is 17.3. The van der Waals surface area contributed by atoms with Crippen LogP contribution in [0.25, 0.3) is 112 Å². The number of rotatable bonds is 12. The fourth-order valence-electron chi connectivity index (χ4n) is 10.3. The summed E-state index contributed by atoms with van der Waals surface area (Å²) in [5.41, 5.74) is 9.48. The zero-order valence-corrected chi connectivity index (χ0v) is 40.8. The van der Waals surface area contributed by atoms with Crippen molar-refractivity contribution in [1.82, 2.24) is 19.9 Å². The molecule has 14 heteroatoms. The lowest BCUT2D eigenvalue weighted by Crippen LogP contribution is -2.22. The van der Waals surface area contributed by atoms with Gasteiger partial charge in [-0.3, -0.25) is 0 Å². The molecule has 8 bridgehead atoms. The van der Waals surface area contributed by atoms with Crippen molar-refractivity contribution in [2.24, 2.45) is 0 Å². The summed E-state index contributed by atoms with van der Waals surface area (Å²) >= 11 is 0. The lowest BCUT2D eigenvalue weighted by molar-refractivity contribution is -0.255. The Morgan fingerprint density at radius 2 is 0.716 bits per heavy atom. The van der Waals surface area contributed by atoms with Crippen molar-refractivity contribution in [3.8, 4) is 79.0 Å². The Hall–Kier alpha value is -9.82. The molecule has 5 heterocycles. The molecule has 0 saturated carbocycles. The molecule has 14 nitrogen and oxygen atoms in total. The molecule has 11 rings (SSSR count). The number of carboxylic acids is 2. The van der Waals surface area contributed by atoms with Crippen molar-refractivity contribution in [1.29, 1.82) is 0 Å². The molecule has 9 aromatic rings. The average Bonchev–Trinajstić information content (AvgIpc) is 4.29. The normalized spacial score (nSPS) is 11.8. The number of aromatic amines is 2. The summed E-state index contributed by atoms with van der Waals surface area (Å²) in [6.45, 7) is 0. The van der Waals surface area contributed by atoms with Crippen LogP contribution in [-0.4, -0.2) is 74.5 Å². The summed E-state index contributed by atoms with van der Waals surface area (Å²) in [5, 5.41) is 28.1. The van der Waals surface area contributed by atoms with Crippen molar-refractivity contribution in [2.75, 3.05) is 42.7 Å². The third-order valence-corrected chi connectivity index (χ3v) is 13.4. The first kappa shape index (κ1) is 46.6. The van der Waals surface area contributed by atoms with E-state index in [1.807, 2.05) is 121 Å².